The highest BCUT2D eigenvalue weighted by Gasteiger charge is 2.12. The number of carbonyl (C=O) groups is 1. The van der Waals surface area contributed by atoms with Crippen LogP contribution >= 0.6 is 0 Å². The Labute approximate surface area is 162 Å². The Morgan fingerprint density at radius 2 is 1.74 bits per heavy atom. The van der Waals surface area contributed by atoms with E-state index >= 15 is 0 Å². The van der Waals surface area contributed by atoms with Crippen LogP contribution in [0.3, 0.4) is 0 Å². The van der Waals surface area contributed by atoms with E-state index in [1.807, 2.05) is 25.1 Å². The maximum absolute atomic E-state index is 10.9. The lowest BCUT2D eigenvalue weighted by atomic mass is 9.93. The first kappa shape index (κ1) is 20.8. The van der Waals surface area contributed by atoms with E-state index in [0.717, 1.165) is 17.7 Å². The molecule has 0 aliphatic rings. The predicted molar refractivity (Wildman–Crippen MR) is 109 cm³/mol. The average molecular weight is 370 g/mol. The van der Waals surface area contributed by atoms with Crippen LogP contribution in [0.25, 0.3) is 0 Å². The van der Waals surface area contributed by atoms with Gasteiger partial charge in [-0.25, -0.2) is 0 Å². The van der Waals surface area contributed by atoms with Gasteiger partial charge in [0, 0.05) is 6.42 Å². The summed E-state index contributed by atoms with van der Waals surface area (Å²) in [5, 5.41) is 10.0. The standard InChI is InChI=1S/C23H31NO3/c1-14(2)20-12-18(7-8-22(20)25)13-21-15(3)10-19(11-16(21)4)27-17(5)6-9-23(24)26/h7-8,10-12,14,17,25H,6,9,13H2,1-5H3,(H2,24,26). The minimum atomic E-state index is -0.303. The zero-order valence-corrected chi connectivity index (χ0v) is 17.0. The molecular weight excluding hydrogens is 338 g/mol. The Morgan fingerprint density at radius 3 is 2.30 bits per heavy atom. The summed E-state index contributed by atoms with van der Waals surface area (Å²) in [6.07, 6.45) is 1.69. The van der Waals surface area contributed by atoms with Gasteiger partial charge in [-0.05, 0) is 85.5 Å². The second-order valence-corrected chi connectivity index (χ2v) is 7.69. The molecular formula is C23H31NO3. The summed E-state index contributed by atoms with van der Waals surface area (Å²) in [6.45, 7) is 10.3. The minimum absolute atomic E-state index is 0.0622. The van der Waals surface area contributed by atoms with Crippen LogP contribution in [0.5, 0.6) is 11.5 Å². The Hall–Kier alpha value is -2.49. The number of amides is 1. The van der Waals surface area contributed by atoms with E-state index in [2.05, 4.69) is 33.8 Å². The van der Waals surface area contributed by atoms with Crippen LogP contribution in [-0.4, -0.2) is 17.1 Å². The molecule has 0 saturated heterocycles. The predicted octanol–water partition coefficient (Wildman–Crippen LogP) is 4.76. The number of nitrogens with two attached hydrogens (primary N) is 1. The molecule has 4 heteroatoms. The van der Waals surface area contributed by atoms with E-state index < -0.39 is 0 Å². The van der Waals surface area contributed by atoms with Crippen molar-refractivity contribution in [3.63, 3.8) is 0 Å². The van der Waals surface area contributed by atoms with Gasteiger partial charge in [0.25, 0.3) is 0 Å². The van der Waals surface area contributed by atoms with Crippen molar-refractivity contribution in [1.29, 1.82) is 0 Å². The zero-order chi connectivity index (χ0) is 20.1. The molecule has 0 aliphatic heterocycles. The van der Waals surface area contributed by atoms with Crippen LogP contribution in [-0.2, 0) is 11.2 Å². The number of aryl methyl sites for hydroxylation is 2. The first-order chi connectivity index (χ1) is 12.7. The van der Waals surface area contributed by atoms with Gasteiger partial charge in [0.15, 0.2) is 0 Å². The second-order valence-electron chi connectivity index (χ2n) is 7.69. The van der Waals surface area contributed by atoms with Crippen molar-refractivity contribution in [2.45, 2.75) is 65.9 Å². The average Bonchev–Trinajstić information content (AvgIpc) is 2.57. The number of rotatable bonds is 8. The zero-order valence-electron chi connectivity index (χ0n) is 17.0. The molecule has 0 aliphatic carbocycles. The first-order valence-corrected chi connectivity index (χ1v) is 9.54. The van der Waals surface area contributed by atoms with Crippen molar-refractivity contribution in [2.24, 2.45) is 5.73 Å². The third-order valence-corrected chi connectivity index (χ3v) is 4.90. The molecule has 3 N–H and O–H groups in total. The largest absolute Gasteiger partial charge is 0.508 e. The van der Waals surface area contributed by atoms with Gasteiger partial charge in [-0.1, -0.05) is 26.0 Å². The van der Waals surface area contributed by atoms with Gasteiger partial charge in [0.1, 0.15) is 11.5 Å². The quantitative estimate of drug-likeness (QED) is 0.705. The molecule has 27 heavy (non-hydrogen) atoms. The molecule has 4 nitrogen and oxygen atoms in total. The van der Waals surface area contributed by atoms with E-state index in [0.29, 0.717) is 18.6 Å². The Kier molecular flexibility index (Phi) is 6.89. The number of hydrogen-bond donors (Lipinski definition) is 2. The molecule has 0 heterocycles. The Morgan fingerprint density at radius 1 is 1.11 bits per heavy atom. The van der Waals surface area contributed by atoms with E-state index in [9.17, 15) is 9.90 Å². The van der Waals surface area contributed by atoms with Gasteiger partial charge < -0.3 is 15.6 Å². The van der Waals surface area contributed by atoms with E-state index in [4.69, 9.17) is 10.5 Å². The molecule has 2 aromatic rings. The van der Waals surface area contributed by atoms with Crippen LogP contribution in [0.2, 0.25) is 0 Å². The number of carbonyl (C=O) groups excluding carboxylic acids is 1. The molecule has 146 valence electrons. The van der Waals surface area contributed by atoms with Crippen LogP contribution in [0.4, 0.5) is 0 Å². The summed E-state index contributed by atoms with van der Waals surface area (Å²) in [4.78, 5) is 10.9. The van der Waals surface area contributed by atoms with Crippen molar-refractivity contribution in [3.8, 4) is 11.5 Å². The van der Waals surface area contributed by atoms with Gasteiger partial charge in [-0.2, -0.15) is 0 Å². The van der Waals surface area contributed by atoms with Crippen molar-refractivity contribution < 1.29 is 14.6 Å². The lowest BCUT2D eigenvalue weighted by Gasteiger charge is -2.18. The Bertz CT molecular complexity index is 788. The highest BCUT2D eigenvalue weighted by atomic mass is 16.5. The topological polar surface area (TPSA) is 72.5 Å². The monoisotopic (exact) mass is 369 g/mol. The molecule has 0 radical (unpaired) electrons. The van der Waals surface area contributed by atoms with Crippen molar-refractivity contribution in [1.82, 2.24) is 0 Å². The number of phenols is 1. The SMILES string of the molecule is Cc1cc(OC(C)CCC(N)=O)cc(C)c1Cc1ccc(O)c(C(C)C)c1. The van der Waals surface area contributed by atoms with Crippen LogP contribution in [0.1, 0.15) is 67.3 Å². The molecule has 2 rings (SSSR count). The fourth-order valence-electron chi connectivity index (χ4n) is 3.32. The van der Waals surface area contributed by atoms with Gasteiger partial charge in [-0.3, -0.25) is 4.79 Å². The number of phenolic OH excluding ortho intramolecular Hbond substituents is 1. The first-order valence-electron chi connectivity index (χ1n) is 9.54. The number of benzene rings is 2. The number of ether oxygens (including phenoxy) is 1. The van der Waals surface area contributed by atoms with Crippen LogP contribution in [0, 0.1) is 13.8 Å². The van der Waals surface area contributed by atoms with Gasteiger partial charge >= 0.3 is 0 Å². The summed E-state index contributed by atoms with van der Waals surface area (Å²) in [5.74, 6) is 1.16. The van der Waals surface area contributed by atoms with Gasteiger partial charge in [0.05, 0.1) is 6.10 Å². The van der Waals surface area contributed by atoms with Crippen molar-refractivity contribution in [3.05, 3.63) is 58.1 Å². The van der Waals surface area contributed by atoms with Gasteiger partial charge in [-0.15, -0.1) is 0 Å². The molecule has 0 spiro atoms. The molecule has 0 saturated carbocycles. The normalized spacial score (nSPS) is 12.2. The molecule has 1 amide bonds. The highest BCUT2D eigenvalue weighted by Crippen LogP contribution is 2.29. The molecule has 0 bridgehead atoms. The molecule has 0 fully saturated rings. The smallest absolute Gasteiger partial charge is 0.217 e. The lowest BCUT2D eigenvalue weighted by Crippen LogP contribution is -2.17. The summed E-state index contributed by atoms with van der Waals surface area (Å²) in [6, 6.07) is 9.96. The fraction of sp³-hybridized carbons (Fsp3) is 0.435. The second kappa shape index (κ2) is 8.94. The molecule has 2 aromatic carbocycles. The lowest BCUT2D eigenvalue weighted by molar-refractivity contribution is -0.118. The summed E-state index contributed by atoms with van der Waals surface area (Å²) >= 11 is 0. The van der Waals surface area contributed by atoms with Crippen LogP contribution < -0.4 is 10.5 Å². The maximum Gasteiger partial charge on any atom is 0.217 e. The van der Waals surface area contributed by atoms with E-state index in [-0.39, 0.29) is 17.9 Å². The number of hydrogen-bond acceptors (Lipinski definition) is 3. The fourth-order valence-corrected chi connectivity index (χ4v) is 3.32. The third-order valence-electron chi connectivity index (χ3n) is 4.90. The van der Waals surface area contributed by atoms with Crippen molar-refractivity contribution >= 4 is 5.91 Å². The maximum atomic E-state index is 10.9. The number of aromatic hydroxyl groups is 1. The minimum Gasteiger partial charge on any atom is -0.508 e. The summed E-state index contributed by atoms with van der Waals surface area (Å²) in [5.41, 5.74) is 11.0. The van der Waals surface area contributed by atoms with E-state index in [1.165, 1.54) is 22.3 Å². The van der Waals surface area contributed by atoms with Crippen molar-refractivity contribution in [2.75, 3.05) is 0 Å². The molecule has 0 aromatic heterocycles. The Balaban J connectivity index is 2.17. The third kappa shape index (κ3) is 5.75. The molecule has 1 unspecified atom stereocenters. The van der Waals surface area contributed by atoms with E-state index in [1.54, 1.807) is 6.07 Å². The van der Waals surface area contributed by atoms with Gasteiger partial charge in [0.2, 0.25) is 5.91 Å². The summed E-state index contributed by atoms with van der Waals surface area (Å²) in [7, 11) is 0. The summed E-state index contributed by atoms with van der Waals surface area (Å²) < 4.78 is 5.96. The highest BCUT2D eigenvalue weighted by molar-refractivity contribution is 5.73. The van der Waals surface area contributed by atoms with Crippen LogP contribution in [0.15, 0.2) is 30.3 Å². The number of primary amides is 1. The molecule has 1 atom stereocenters.